The Morgan fingerprint density at radius 1 is 1.14 bits per heavy atom. The predicted octanol–water partition coefficient (Wildman–Crippen LogP) is 1.96. The fourth-order valence-electron chi connectivity index (χ4n) is 3.06. The fraction of sp³-hybridized carbons (Fsp3) is 0.263. The van der Waals surface area contributed by atoms with Crippen molar-refractivity contribution in [3.63, 3.8) is 0 Å². The van der Waals surface area contributed by atoms with E-state index < -0.39 is 15.9 Å². The summed E-state index contributed by atoms with van der Waals surface area (Å²) in [6.07, 6.45) is 0. The molecule has 1 aliphatic rings. The number of ether oxygens (including phenoxy) is 1. The third-order valence-corrected chi connectivity index (χ3v) is 5.84. The largest absolute Gasteiger partial charge is 0.496 e. The predicted molar refractivity (Wildman–Crippen MR) is 104 cm³/mol. The monoisotopic (exact) mass is 403 g/mol. The molecule has 0 aromatic heterocycles. The average Bonchev–Trinajstić information content (AvgIpc) is 3.06. The zero-order valence-electron chi connectivity index (χ0n) is 15.8. The Labute approximate surface area is 163 Å². The molecule has 0 atom stereocenters. The lowest BCUT2D eigenvalue weighted by atomic mass is 10.1. The molecule has 0 aliphatic carbocycles. The van der Waals surface area contributed by atoms with E-state index in [-0.39, 0.29) is 16.5 Å². The van der Waals surface area contributed by atoms with Gasteiger partial charge in [-0.25, -0.2) is 17.9 Å². The molecule has 0 saturated carbocycles. The quantitative estimate of drug-likeness (QED) is 0.794. The van der Waals surface area contributed by atoms with Gasteiger partial charge in [0.25, 0.3) is 15.9 Å². The van der Waals surface area contributed by atoms with E-state index in [9.17, 15) is 18.0 Å². The number of hydrogen-bond acceptors (Lipinski definition) is 5. The van der Waals surface area contributed by atoms with E-state index in [1.165, 1.54) is 31.4 Å². The van der Waals surface area contributed by atoms with Gasteiger partial charge in [0.05, 0.1) is 12.0 Å². The summed E-state index contributed by atoms with van der Waals surface area (Å²) in [5, 5.41) is 2.71. The molecule has 2 aromatic rings. The van der Waals surface area contributed by atoms with Crippen LogP contribution in [0.3, 0.4) is 0 Å². The van der Waals surface area contributed by atoms with Crippen LogP contribution in [0.4, 0.5) is 10.5 Å². The Balaban J connectivity index is 1.81. The maximum Gasteiger partial charge on any atom is 0.322 e. The van der Waals surface area contributed by atoms with Gasteiger partial charge >= 0.3 is 6.03 Å². The van der Waals surface area contributed by atoms with Crippen LogP contribution in [-0.2, 0) is 10.0 Å². The van der Waals surface area contributed by atoms with Gasteiger partial charge in [0.15, 0.2) is 0 Å². The zero-order chi connectivity index (χ0) is 20.5. The summed E-state index contributed by atoms with van der Waals surface area (Å²) < 4.78 is 32.3. The van der Waals surface area contributed by atoms with Crippen molar-refractivity contribution in [3.05, 3.63) is 53.1 Å². The maximum atomic E-state index is 12.5. The molecule has 1 fully saturated rings. The van der Waals surface area contributed by atoms with Gasteiger partial charge in [-0.1, -0.05) is 0 Å². The zero-order valence-corrected chi connectivity index (χ0v) is 16.6. The number of hydrogen-bond donors (Lipinski definition) is 2. The molecule has 0 spiro atoms. The first kappa shape index (κ1) is 19.7. The van der Waals surface area contributed by atoms with Crippen LogP contribution in [0, 0.1) is 13.8 Å². The molecule has 1 aliphatic heterocycles. The molecule has 3 rings (SSSR count). The second-order valence-corrected chi connectivity index (χ2v) is 8.13. The Morgan fingerprint density at radius 3 is 2.46 bits per heavy atom. The smallest absolute Gasteiger partial charge is 0.322 e. The molecule has 8 nitrogen and oxygen atoms in total. The number of carbonyl (C=O) groups excluding carboxylic acids is 2. The van der Waals surface area contributed by atoms with Crippen molar-refractivity contribution in [2.24, 2.45) is 0 Å². The van der Waals surface area contributed by atoms with Crippen LogP contribution >= 0.6 is 0 Å². The van der Waals surface area contributed by atoms with Gasteiger partial charge < -0.3 is 10.1 Å². The van der Waals surface area contributed by atoms with Crippen LogP contribution in [0.1, 0.15) is 21.5 Å². The molecular weight excluding hydrogens is 382 g/mol. The van der Waals surface area contributed by atoms with Crippen molar-refractivity contribution in [2.45, 2.75) is 18.7 Å². The third kappa shape index (κ3) is 3.79. The highest BCUT2D eigenvalue weighted by Gasteiger charge is 2.24. The normalized spacial score (nSPS) is 14.0. The van der Waals surface area contributed by atoms with E-state index in [1.807, 2.05) is 0 Å². The van der Waals surface area contributed by atoms with Crippen molar-refractivity contribution < 1.29 is 22.7 Å². The highest BCUT2D eigenvalue weighted by atomic mass is 32.2. The van der Waals surface area contributed by atoms with E-state index in [1.54, 1.807) is 30.9 Å². The van der Waals surface area contributed by atoms with Crippen LogP contribution in [0.5, 0.6) is 5.75 Å². The molecule has 0 bridgehead atoms. The summed E-state index contributed by atoms with van der Waals surface area (Å²) >= 11 is 0. The first-order chi connectivity index (χ1) is 13.2. The minimum atomic E-state index is -4.03. The molecule has 3 amide bonds. The van der Waals surface area contributed by atoms with Gasteiger partial charge in [-0.15, -0.1) is 0 Å². The van der Waals surface area contributed by atoms with Crippen molar-refractivity contribution in [3.8, 4) is 5.75 Å². The summed E-state index contributed by atoms with van der Waals surface area (Å²) in [4.78, 5) is 25.8. The highest BCUT2D eigenvalue weighted by Crippen LogP contribution is 2.24. The molecule has 1 saturated heterocycles. The summed E-state index contributed by atoms with van der Waals surface area (Å²) in [5.74, 6) is -0.184. The molecule has 9 heteroatoms. The number of anilines is 1. The number of benzene rings is 2. The molecule has 0 radical (unpaired) electrons. The number of methoxy groups -OCH3 is 1. The van der Waals surface area contributed by atoms with Crippen molar-refractivity contribution in [1.82, 2.24) is 10.0 Å². The fourth-order valence-corrected chi connectivity index (χ4v) is 4.12. The van der Waals surface area contributed by atoms with E-state index in [0.29, 0.717) is 35.7 Å². The number of nitrogens with one attached hydrogen (secondary N) is 2. The van der Waals surface area contributed by atoms with Gasteiger partial charge in [0.2, 0.25) is 0 Å². The number of nitrogens with zero attached hydrogens (tertiary/aromatic N) is 1. The van der Waals surface area contributed by atoms with Crippen LogP contribution < -0.4 is 19.7 Å². The SMILES string of the molecule is COc1ccc(S(=O)(=O)NC(=O)c2ccc(N3CCNC3=O)c(C)c2)cc1C. The summed E-state index contributed by atoms with van der Waals surface area (Å²) in [7, 11) is -2.54. The lowest BCUT2D eigenvalue weighted by molar-refractivity contribution is 0.0981. The Bertz CT molecular complexity index is 1050. The summed E-state index contributed by atoms with van der Waals surface area (Å²) in [6.45, 7) is 4.58. The lowest BCUT2D eigenvalue weighted by Crippen LogP contribution is -2.31. The number of carbonyl (C=O) groups is 2. The molecule has 2 aromatic carbocycles. The van der Waals surface area contributed by atoms with Crippen molar-refractivity contribution in [1.29, 1.82) is 0 Å². The molecule has 2 N–H and O–H groups in total. The van der Waals surface area contributed by atoms with E-state index in [4.69, 9.17) is 4.74 Å². The standard InChI is InChI=1S/C19H21N3O5S/c1-12-10-14(4-6-16(12)22-9-8-20-19(22)24)18(23)21-28(25,26)15-5-7-17(27-3)13(2)11-15/h4-7,10-11H,8-9H2,1-3H3,(H,20,24)(H,21,23). The van der Waals surface area contributed by atoms with Crippen molar-refractivity contribution in [2.75, 3.05) is 25.1 Å². The Kier molecular flexibility index (Phi) is 5.28. The second kappa shape index (κ2) is 7.51. The molecular formula is C19H21N3O5S. The van der Waals surface area contributed by atoms with Gasteiger partial charge in [0, 0.05) is 24.3 Å². The van der Waals surface area contributed by atoms with E-state index in [2.05, 4.69) is 10.0 Å². The topological polar surface area (TPSA) is 105 Å². The number of aryl methyl sites for hydroxylation is 2. The minimum absolute atomic E-state index is 0.0266. The van der Waals surface area contributed by atoms with E-state index >= 15 is 0 Å². The molecule has 1 heterocycles. The molecule has 148 valence electrons. The number of amides is 3. The molecule has 0 unspecified atom stereocenters. The van der Waals surface area contributed by atoms with Crippen LogP contribution in [-0.4, -0.2) is 40.6 Å². The lowest BCUT2D eigenvalue weighted by Gasteiger charge is -2.17. The second-order valence-electron chi connectivity index (χ2n) is 6.45. The van der Waals surface area contributed by atoms with Crippen LogP contribution in [0.25, 0.3) is 0 Å². The summed E-state index contributed by atoms with van der Waals surface area (Å²) in [6, 6.07) is 8.85. The maximum absolute atomic E-state index is 12.5. The minimum Gasteiger partial charge on any atom is -0.496 e. The van der Waals surface area contributed by atoms with Gasteiger partial charge in [0.1, 0.15) is 5.75 Å². The van der Waals surface area contributed by atoms with Crippen LogP contribution in [0.15, 0.2) is 41.3 Å². The van der Waals surface area contributed by atoms with Gasteiger partial charge in [-0.3, -0.25) is 9.69 Å². The van der Waals surface area contributed by atoms with E-state index in [0.717, 1.165) is 0 Å². The third-order valence-electron chi connectivity index (χ3n) is 4.51. The summed E-state index contributed by atoms with van der Waals surface area (Å²) in [5.41, 5.74) is 2.21. The molecule has 28 heavy (non-hydrogen) atoms. The Hall–Kier alpha value is -3.07. The van der Waals surface area contributed by atoms with Gasteiger partial charge in [-0.05, 0) is 61.4 Å². The number of urea groups is 1. The first-order valence-electron chi connectivity index (χ1n) is 8.61. The van der Waals surface area contributed by atoms with Crippen molar-refractivity contribution >= 4 is 27.6 Å². The Morgan fingerprint density at radius 2 is 1.89 bits per heavy atom. The average molecular weight is 403 g/mol. The van der Waals surface area contributed by atoms with Gasteiger partial charge in [-0.2, -0.15) is 0 Å². The first-order valence-corrected chi connectivity index (χ1v) is 10.1. The van der Waals surface area contributed by atoms with Crippen LogP contribution in [0.2, 0.25) is 0 Å². The highest BCUT2D eigenvalue weighted by molar-refractivity contribution is 7.90. The number of sulfonamides is 1. The number of rotatable bonds is 5.